The third kappa shape index (κ3) is 5.55. The second-order valence-electron chi connectivity index (χ2n) is 8.14. The molecule has 0 unspecified atom stereocenters. The molecule has 2 aromatic carbocycles. The highest BCUT2D eigenvalue weighted by Crippen LogP contribution is 2.20. The molecule has 1 aliphatic heterocycles. The van der Waals surface area contributed by atoms with Gasteiger partial charge in [0.25, 0.3) is 5.91 Å². The van der Waals surface area contributed by atoms with Gasteiger partial charge in [-0.3, -0.25) is 4.79 Å². The van der Waals surface area contributed by atoms with Gasteiger partial charge in [-0.2, -0.15) is 9.57 Å². The molecule has 2 aromatic rings. The number of hydrogen-bond acceptors (Lipinski definition) is 5. The van der Waals surface area contributed by atoms with Crippen LogP contribution >= 0.6 is 0 Å². The zero-order valence-corrected chi connectivity index (χ0v) is 19.4. The summed E-state index contributed by atoms with van der Waals surface area (Å²) in [5.74, 6) is -0.0951. The van der Waals surface area contributed by atoms with E-state index in [9.17, 15) is 18.5 Å². The van der Waals surface area contributed by atoms with E-state index in [1.807, 2.05) is 37.3 Å². The Hall–Kier alpha value is -3.15. The lowest BCUT2D eigenvalue weighted by atomic mass is 10.0. The minimum atomic E-state index is -3.56. The predicted octanol–water partition coefficient (Wildman–Crippen LogP) is 3.47. The number of hydrogen-bond donors (Lipinski definition) is 1. The Morgan fingerprint density at radius 2 is 1.62 bits per heavy atom. The minimum Gasteiger partial charge on any atom is -0.373 e. The third-order valence-electron chi connectivity index (χ3n) is 5.44. The Balaban J connectivity index is 1.62. The molecule has 1 saturated heterocycles. The number of aryl methyl sites for hydroxylation is 1. The van der Waals surface area contributed by atoms with Gasteiger partial charge < -0.3 is 10.2 Å². The van der Waals surface area contributed by atoms with Crippen LogP contribution in [0.15, 0.2) is 65.2 Å². The Morgan fingerprint density at radius 1 is 1.03 bits per heavy atom. The SMILES string of the molecule is Cc1ccc(S(=O)(=O)N2CCN(/C=C(/C#N)C(=O)Nc3ccc(C(C)C)cc3)CC2)cc1. The van der Waals surface area contributed by atoms with Crippen LogP contribution < -0.4 is 5.32 Å². The maximum Gasteiger partial charge on any atom is 0.267 e. The number of nitrogens with zero attached hydrogens (tertiary/aromatic N) is 3. The summed E-state index contributed by atoms with van der Waals surface area (Å²) in [5.41, 5.74) is 2.76. The number of sulfonamides is 1. The number of anilines is 1. The lowest BCUT2D eigenvalue weighted by molar-refractivity contribution is -0.112. The summed E-state index contributed by atoms with van der Waals surface area (Å²) < 4.78 is 27.1. The van der Waals surface area contributed by atoms with E-state index in [0.29, 0.717) is 24.7 Å². The molecule has 1 fully saturated rings. The summed E-state index contributed by atoms with van der Waals surface area (Å²) in [5, 5.41) is 12.2. The fourth-order valence-electron chi connectivity index (χ4n) is 3.40. The molecule has 32 heavy (non-hydrogen) atoms. The van der Waals surface area contributed by atoms with E-state index in [1.165, 1.54) is 10.5 Å². The maximum absolute atomic E-state index is 12.8. The molecule has 1 amide bonds. The highest BCUT2D eigenvalue weighted by molar-refractivity contribution is 7.89. The first kappa shape index (κ1) is 23.5. The smallest absolute Gasteiger partial charge is 0.267 e. The van der Waals surface area contributed by atoms with E-state index in [-0.39, 0.29) is 23.6 Å². The quantitative estimate of drug-likeness (QED) is 0.535. The number of rotatable bonds is 6. The molecule has 0 atom stereocenters. The van der Waals surface area contributed by atoms with Gasteiger partial charge in [0.15, 0.2) is 0 Å². The van der Waals surface area contributed by atoms with E-state index in [4.69, 9.17) is 0 Å². The van der Waals surface area contributed by atoms with Crippen molar-refractivity contribution in [2.75, 3.05) is 31.5 Å². The van der Waals surface area contributed by atoms with Crippen LogP contribution in [-0.4, -0.2) is 49.7 Å². The summed E-state index contributed by atoms with van der Waals surface area (Å²) in [6, 6.07) is 16.3. The number of piperazine rings is 1. The minimum absolute atomic E-state index is 0.0206. The molecule has 0 bridgehead atoms. The number of nitriles is 1. The second-order valence-corrected chi connectivity index (χ2v) is 10.1. The zero-order valence-electron chi connectivity index (χ0n) is 18.6. The van der Waals surface area contributed by atoms with Gasteiger partial charge in [0.2, 0.25) is 10.0 Å². The lowest BCUT2D eigenvalue weighted by Crippen LogP contribution is -2.46. The lowest BCUT2D eigenvalue weighted by Gasteiger charge is -2.33. The Labute approximate surface area is 190 Å². The van der Waals surface area contributed by atoms with Crippen LogP contribution in [0.3, 0.4) is 0 Å². The predicted molar refractivity (Wildman–Crippen MR) is 124 cm³/mol. The first-order chi connectivity index (χ1) is 15.2. The average molecular weight is 453 g/mol. The van der Waals surface area contributed by atoms with Gasteiger partial charge in [-0.25, -0.2) is 8.42 Å². The van der Waals surface area contributed by atoms with E-state index in [0.717, 1.165) is 11.1 Å². The molecule has 8 heteroatoms. The average Bonchev–Trinajstić information content (AvgIpc) is 2.78. The molecule has 0 spiro atoms. The summed E-state index contributed by atoms with van der Waals surface area (Å²) >= 11 is 0. The molecule has 0 radical (unpaired) electrons. The molecule has 0 aromatic heterocycles. The van der Waals surface area contributed by atoms with Crippen molar-refractivity contribution in [3.8, 4) is 6.07 Å². The number of benzene rings is 2. The fourth-order valence-corrected chi connectivity index (χ4v) is 4.83. The number of carbonyl (C=O) groups is 1. The molecule has 1 heterocycles. The van der Waals surface area contributed by atoms with E-state index < -0.39 is 15.9 Å². The largest absolute Gasteiger partial charge is 0.373 e. The molecular formula is C24H28N4O3S. The van der Waals surface area contributed by atoms with Crippen molar-refractivity contribution in [3.63, 3.8) is 0 Å². The molecule has 1 aliphatic rings. The Bertz CT molecular complexity index is 1120. The Kier molecular flexibility index (Phi) is 7.33. The van der Waals surface area contributed by atoms with Crippen molar-refractivity contribution in [1.82, 2.24) is 9.21 Å². The summed E-state index contributed by atoms with van der Waals surface area (Å²) in [6.07, 6.45) is 1.51. The van der Waals surface area contributed by atoms with Gasteiger partial charge >= 0.3 is 0 Å². The van der Waals surface area contributed by atoms with Crippen LogP contribution in [0.4, 0.5) is 5.69 Å². The first-order valence-corrected chi connectivity index (χ1v) is 12.0. The van der Waals surface area contributed by atoms with Crippen LogP contribution in [0, 0.1) is 18.3 Å². The van der Waals surface area contributed by atoms with Crippen LogP contribution in [0.5, 0.6) is 0 Å². The number of carbonyl (C=O) groups excluding carboxylic acids is 1. The molecule has 1 N–H and O–H groups in total. The van der Waals surface area contributed by atoms with Crippen LogP contribution in [-0.2, 0) is 14.8 Å². The van der Waals surface area contributed by atoms with Crippen molar-refractivity contribution in [3.05, 3.63) is 71.4 Å². The highest BCUT2D eigenvalue weighted by atomic mass is 32.2. The van der Waals surface area contributed by atoms with E-state index >= 15 is 0 Å². The van der Waals surface area contributed by atoms with E-state index in [2.05, 4.69) is 19.2 Å². The zero-order chi connectivity index (χ0) is 23.3. The van der Waals surface area contributed by atoms with Gasteiger partial charge in [-0.1, -0.05) is 43.7 Å². The summed E-state index contributed by atoms with van der Waals surface area (Å²) in [6.45, 7) is 7.45. The van der Waals surface area contributed by atoms with Crippen molar-refractivity contribution in [2.45, 2.75) is 31.6 Å². The van der Waals surface area contributed by atoms with Crippen molar-refractivity contribution in [1.29, 1.82) is 5.26 Å². The number of nitrogens with one attached hydrogen (secondary N) is 1. The molecular weight excluding hydrogens is 424 g/mol. The van der Waals surface area contributed by atoms with Crippen LogP contribution in [0.1, 0.15) is 30.9 Å². The number of amides is 1. The van der Waals surface area contributed by atoms with Gasteiger partial charge in [0, 0.05) is 38.1 Å². The van der Waals surface area contributed by atoms with E-state index in [1.54, 1.807) is 29.2 Å². The summed E-state index contributed by atoms with van der Waals surface area (Å²) in [7, 11) is -3.56. The van der Waals surface area contributed by atoms with Crippen molar-refractivity contribution < 1.29 is 13.2 Å². The molecule has 168 valence electrons. The first-order valence-electron chi connectivity index (χ1n) is 10.5. The van der Waals surface area contributed by atoms with Gasteiger partial charge in [-0.15, -0.1) is 0 Å². The van der Waals surface area contributed by atoms with Gasteiger partial charge in [0.1, 0.15) is 11.6 Å². The summed E-state index contributed by atoms with van der Waals surface area (Å²) in [4.78, 5) is 14.6. The topological polar surface area (TPSA) is 93.5 Å². The van der Waals surface area contributed by atoms with Gasteiger partial charge in [0.05, 0.1) is 4.90 Å². The molecule has 3 rings (SSSR count). The highest BCUT2D eigenvalue weighted by Gasteiger charge is 2.28. The van der Waals surface area contributed by atoms with Crippen LogP contribution in [0.25, 0.3) is 0 Å². The molecule has 0 aliphatic carbocycles. The fraction of sp³-hybridized carbons (Fsp3) is 0.333. The van der Waals surface area contributed by atoms with Gasteiger partial charge in [-0.05, 0) is 42.7 Å². The molecule has 0 saturated carbocycles. The van der Waals surface area contributed by atoms with Crippen molar-refractivity contribution >= 4 is 21.6 Å². The maximum atomic E-state index is 12.8. The normalized spacial score (nSPS) is 15.5. The van der Waals surface area contributed by atoms with Crippen molar-refractivity contribution in [2.24, 2.45) is 0 Å². The Morgan fingerprint density at radius 3 is 2.16 bits per heavy atom. The standard InChI is InChI=1S/C24H28N4O3S/c1-18(2)20-6-8-22(9-7-20)26-24(29)21(16-25)17-27-12-14-28(15-13-27)32(30,31)23-10-4-19(3)5-11-23/h4-11,17-18H,12-15H2,1-3H3,(H,26,29)/b21-17-. The molecule has 7 nitrogen and oxygen atoms in total. The second kappa shape index (κ2) is 9.98. The van der Waals surface area contributed by atoms with Crippen LogP contribution in [0.2, 0.25) is 0 Å². The monoisotopic (exact) mass is 452 g/mol. The third-order valence-corrected chi connectivity index (χ3v) is 7.36.